The van der Waals surface area contributed by atoms with Gasteiger partial charge in [-0.15, -0.1) is 0 Å². The van der Waals surface area contributed by atoms with E-state index in [0.717, 1.165) is 23.3 Å². The summed E-state index contributed by atoms with van der Waals surface area (Å²) in [6.07, 6.45) is 5.06. The molecule has 9 heteroatoms. The molecule has 0 fully saturated rings. The van der Waals surface area contributed by atoms with E-state index in [1.807, 2.05) is 37.5 Å². The Hall–Kier alpha value is -2.78. The number of rotatable bonds is 11. The Morgan fingerprint density at radius 1 is 1.12 bits per heavy atom. The molecular weight excluding hydrogens is 426 g/mol. The van der Waals surface area contributed by atoms with Crippen LogP contribution in [0.2, 0.25) is 0 Å². The lowest BCUT2D eigenvalue weighted by Gasteiger charge is -2.18. The van der Waals surface area contributed by atoms with Crippen LogP contribution in [0.3, 0.4) is 0 Å². The number of pyridine rings is 1. The van der Waals surface area contributed by atoms with Crippen molar-refractivity contribution in [1.82, 2.24) is 24.2 Å². The Kier molecular flexibility index (Phi) is 7.98. The third kappa shape index (κ3) is 5.34. The first kappa shape index (κ1) is 23.9. The van der Waals surface area contributed by atoms with Crippen molar-refractivity contribution >= 4 is 27.0 Å². The lowest BCUT2D eigenvalue weighted by Crippen LogP contribution is -2.30. The second kappa shape index (κ2) is 10.7. The summed E-state index contributed by atoms with van der Waals surface area (Å²) >= 11 is 0. The first-order chi connectivity index (χ1) is 15.4. The van der Waals surface area contributed by atoms with Crippen LogP contribution in [0.25, 0.3) is 11.0 Å². The number of hydrogen-bond acceptors (Lipinski definition) is 5. The molecule has 0 aliphatic rings. The van der Waals surface area contributed by atoms with Gasteiger partial charge < -0.3 is 9.88 Å². The molecule has 172 valence electrons. The molecule has 0 bridgehead atoms. The van der Waals surface area contributed by atoms with Gasteiger partial charge in [-0.3, -0.25) is 9.78 Å². The van der Waals surface area contributed by atoms with Gasteiger partial charge in [-0.1, -0.05) is 19.9 Å². The van der Waals surface area contributed by atoms with Crippen molar-refractivity contribution in [2.75, 3.05) is 19.6 Å². The van der Waals surface area contributed by atoms with Crippen LogP contribution in [-0.2, 0) is 34.2 Å². The number of fused-ring (bicyclic) bond motifs is 1. The highest BCUT2D eigenvalue weighted by atomic mass is 32.2. The molecule has 1 N–H and O–H groups in total. The number of aromatic nitrogens is 3. The van der Waals surface area contributed by atoms with E-state index < -0.39 is 10.0 Å². The van der Waals surface area contributed by atoms with Crippen LogP contribution in [0.4, 0.5) is 0 Å². The SMILES string of the molecule is CCN(CC)S(=O)(=O)c1ccc2c(c1)nc(CCC(=O)NCCc1cccnc1)n2CC. The number of carbonyl (C=O) groups excluding carboxylic acids is 1. The van der Waals surface area contributed by atoms with E-state index in [1.54, 1.807) is 30.6 Å². The zero-order valence-electron chi connectivity index (χ0n) is 18.9. The summed E-state index contributed by atoms with van der Waals surface area (Å²) in [5.74, 6) is 0.746. The molecule has 1 amide bonds. The van der Waals surface area contributed by atoms with Gasteiger partial charge in [0, 0.05) is 51.4 Å². The number of imidazole rings is 1. The fourth-order valence-electron chi connectivity index (χ4n) is 3.78. The van der Waals surface area contributed by atoms with E-state index in [-0.39, 0.29) is 10.8 Å². The average molecular weight is 458 g/mol. The minimum absolute atomic E-state index is 0.0339. The zero-order valence-corrected chi connectivity index (χ0v) is 19.7. The summed E-state index contributed by atoms with van der Waals surface area (Å²) in [7, 11) is -3.55. The number of benzene rings is 1. The van der Waals surface area contributed by atoms with Gasteiger partial charge in [0.2, 0.25) is 15.9 Å². The predicted octanol–water partition coefficient (Wildman–Crippen LogP) is 2.77. The minimum atomic E-state index is -3.55. The molecule has 3 rings (SSSR count). The first-order valence-electron chi connectivity index (χ1n) is 11.1. The van der Waals surface area contributed by atoms with Crippen molar-refractivity contribution in [3.05, 3.63) is 54.1 Å². The maximum Gasteiger partial charge on any atom is 0.243 e. The van der Waals surface area contributed by atoms with Crippen LogP contribution in [-0.4, -0.2) is 52.8 Å². The third-order valence-corrected chi connectivity index (χ3v) is 7.54. The second-order valence-electron chi connectivity index (χ2n) is 7.47. The number of amides is 1. The van der Waals surface area contributed by atoms with E-state index in [4.69, 9.17) is 0 Å². The molecule has 8 nitrogen and oxygen atoms in total. The summed E-state index contributed by atoms with van der Waals surface area (Å²) in [5.41, 5.74) is 2.58. The summed E-state index contributed by atoms with van der Waals surface area (Å²) in [5, 5.41) is 2.94. The van der Waals surface area contributed by atoms with Gasteiger partial charge in [0.25, 0.3) is 0 Å². The highest BCUT2D eigenvalue weighted by Gasteiger charge is 2.23. The maximum atomic E-state index is 12.9. The van der Waals surface area contributed by atoms with Gasteiger partial charge in [-0.2, -0.15) is 4.31 Å². The standard InChI is InChI=1S/C23H31N5O3S/c1-4-27(5-2)32(30,31)19-9-10-21-20(16-19)26-22(28(21)6-3)11-12-23(29)25-15-13-18-8-7-14-24-17-18/h7-10,14,16-17H,4-6,11-13,15H2,1-3H3,(H,25,29). The van der Waals surface area contributed by atoms with E-state index in [1.165, 1.54) is 4.31 Å². The van der Waals surface area contributed by atoms with E-state index in [9.17, 15) is 13.2 Å². The zero-order chi connectivity index (χ0) is 23.1. The Morgan fingerprint density at radius 2 is 1.91 bits per heavy atom. The topological polar surface area (TPSA) is 97.2 Å². The largest absolute Gasteiger partial charge is 0.356 e. The van der Waals surface area contributed by atoms with Gasteiger partial charge in [0.1, 0.15) is 5.82 Å². The molecule has 0 radical (unpaired) electrons. The third-order valence-electron chi connectivity index (χ3n) is 5.49. The number of nitrogens with zero attached hydrogens (tertiary/aromatic N) is 4. The maximum absolute atomic E-state index is 12.9. The van der Waals surface area contributed by atoms with Crippen molar-refractivity contribution in [2.24, 2.45) is 0 Å². The highest BCUT2D eigenvalue weighted by molar-refractivity contribution is 7.89. The molecular formula is C23H31N5O3S. The lowest BCUT2D eigenvalue weighted by molar-refractivity contribution is -0.121. The van der Waals surface area contributed by atoms with Gasteiger partial charge >= 0.3 is 0 Å². The van der Waals surface area contributed by atoms with Crippen LogP contribution in [0.15, 0.2) is 47.6 Å². The fraction of sp³-hybridized carbons (Fsp3) is 0.435. The summed E-state index contributed by atoms with van der Waals surface area (Å²) in [6, 6.07) is 8.94. The van der Waals surface area contributed by atoms with Gasteiger partial charge in [0.15, 0.2) is 0 Å². The monoisotopic (exact) mass is 457 g/mol. The molecule has 0 atom stereocenters. The predicted molar refractivity (Wildman–Crippen MR) is 125 cm³/mol. The van der Waals surface area contributed by atoms with Crippen LogP contribution in [0.5, 0.6) is 0 Å². The van der Waals surface area contributed by atoms with Crippen LogP contribution in [0, 0.1) is 0 Å². The molecule has 2 aromatic heterocycles. The van der Waals surface area contributed by atoms with E-state index >= 15 is 0 Å². The second-order valence-corrected chi connectivity index (χ2v) is 9.41. The molecule has 0 saturated carbocycles. The van der Waals surface area contributed by atoms with Gasteiger partial charge in [0.05, 0.1) is 15.9 Å². The molecule has 0 aliphatic carbocycles. The Balaban J connectivity index is 1.69. The molecule has 0 aliphatic heterocycles. The fourth-order valence-corrected chi connectivity index (χ4v) is 5.26. The van der Waals surface area contributed by atoms with Crippen molar-refractivity contribution < 1.29 is 13.2 Å². The normalized spacial score (nSPS) is 11.9. The van der Waals surface area contributed by atoms with Gasteiger partial charge in [-0.25, -0.2) is 13.4 Å². The number of sulfonamides is 1. The molecule has 0 spiro atoms. The van der Waals surface area contributed by atoms with E-state index in [0.29, 0.717) is 44.5 Å². The number of carbonyl (C=O) groups is 1. The molecule has 0 saturated heterocycles. The smallest absolute Gasteiger partial charge is 0.243 e. The van der Waals surface area contributed by atoms with Crippen LogP contribution >= 0.6 is 0 Å². The molecule has 32 heavy (non-hydrogen) atoms. The number of nitrogens with one attached hydrogen (secondary N) is 1. The summed E-state index contributed by atoms with van der Waals surface area (Å²) in [4.78, 5) is 21.3. The van der Waals surface area contributed by atoms with Crippen LogP contribution < -0.4 is 5.32 Å². The molecule has 3 aromatic rings. The molecule has 0 unspecified atom stereocenters. The first-order valence-corrected chi connectivity index (χ1v) is 12.5. The van der Waals surface area contributed by atoms with E-state index in [2.05, 4.69) is 15.3 Å². The van der Waals surface area contributed by atoms with Crippen molar-refractivity contribution in [1.29, 1.82) is 0 Å². The van der Waals surface area contributed by atoms with Gasteiger partial charge in [-0.05, 0) is 43.2 Å². The average Bonchev–Trinajstić information content (AvgIpc) is 3.15. The Morgan fingerprint density at radius 3 is 2.56 bits per heavy atom. The minimum Gasteiger partial charge on any atom is -0.356 e. The summed E-state index contributed by atoms with van der Waals surface area (Å²) in [6.45, 7) is 7.75. The molecule has 1 aromatic carbocycles. The lowest BCUT2D eigenvalue weighted by atomic mass is 10.2. The summed E-state index contributed by atoms with van der Waals surface area (Å²) < 4.78 is 29.2. The quantitative estimate of drug-likeness (QED) is 0.478. The molecule has 2 heterocycles. The number of aryl methyl sites for hydroxylation is 2. The van der Waals surface area contributed by atoms with Crippen molar-refractivity contribution in [3.8, 4) is 0 Å². The Labute approximate surface area is 189 Å². The van der Waals surface area contributed by atoms with Crippen molar-refractivity contribution in [2.45, 2.75) is 51.5 Å². The van der Waals surface area contributed by atoms with Crippen molar-refractivity contribution in [3.63, 3.8) is 0 Å². The Bertz CT molecular complexity index is 1160. The number of hydrogen-bond donors (Lipinski definition) is 1. The van der Waals surface area contributed by atoms with Crippen LogP contribution in [0.1, 0.15) is 38.6 Å². The highest BCUT2D eigenvalue weighted by Crippen LogP contribution is 2.23.